The van der Waals surface area contributed by atoms with Gasteiger partial charge in [-0.25, -0.2) is 0 Å². The van der Waals surface area contributed by atoms with Crippen molar-refractivity contribution in [2.45, 2.75) is 26.4 Å². The van der Waals surface area contributed by atoms with E-state index >= 15 is 0 Å². The molecule has 0 saturated carbocycles. The predicted molar refractivity (Wildman–Crippen MR) is 47.6 cm³/mol. The van der Waals surface area contributed by atoms with Gasteiger partial charge in [0.2, 0.25) is 5.91 Å². The second-order valence-electron chi connectivity index (χ2n) is 2.81. The van der Waals surface area contributed by atoms with Crippen molar-refractivity contribution in [2.75, 3.05) is 19.6 Å². The largest absolute Gasteiger partial charge is 0.391 e. The lowest BCUT2D eigenvalue weighted by Gasteiger charge is -2.20. The Morgan fingerprint density at radius 3 is 2.33 bits per heavy atom. The normalized spacial score (nSPS) is 13.3. The van der Waals surface area contributed by atoms with Gasteiger partial charge in [-0.05, 0) is 13.1 Å². The molecular formula is C8H18N2O2. The Morgan fingerprint density at radius 1 is 1.50 bits per heavy atom. The summed E-state index contributed by atoms with van der Waals surface area (Å²) in [5.41, 5.74) is 4.93. The summed E-state index contributed by atoms with van der Waals surface area (Å²) in [5, 5.41) is 9.31. The monoisotopic (exact) mass is 174 g/mol. The van der Waals surface area contributed by atoms with Gasteiger partial charge in [-0.3, -0.25) is 4.79 Å². The van der Waals surface area contributed by atoms with E-state index in [0.717, 1.165) is 13.1 Å². The summed E-state index contributed by atoms with van der Waals surface area (Å²) in [5.74, 6) is -0.449. The first-order valence-corrected chi connectivity index (χ1v) is 4.28. The molecule has 3 N–H and O–H groups in total. The van der Waals surface area contributed by atoms with E-state index in [1.54, 1.807) is 0 Å². The van der Waals surface area contributed by atoms with Crippen molar-refractivity contribution >= 4 is 5.91 Å². The molecule has 72 valence electrons. The SMILES string of the molecule is CCN(CC)CC(O)CC(N)=O. The zero-order valence-corrected chi connectivity index (χ0v) is 7.79. The zero-order valence-electron chi connectivity index (χ0n) is 7.79. The van der Waals surface area contributed by atoms with E-state index in [1.807, 2.05) is 18.7 Å². The highest BCUT2D eigenvalue weighted by atomic mass is 16.3. The highest BCUT2D eigenvalue weighted by molar-refractivity contribution is 5.74. The number of rotatable bonds is 6. The fourth-order valence-corrected chi connectivity index (χ4v) is 1.08. The first kappa shape index (κ1) is 11.4. The Morgan fingerprint density at radius 2 is 2.00 bits per heavy atom. The van der Waals surface area contributed by atoms with Crippen LogP contribution in [-0.2, 0) is 4.79 Å². The van der Waals surface area contributed by atoms with Crippen LogP contribution in [0.2, 0.25) is 0 Å². The van der Waals surface area contributed by atoms with Gasteiger partial charge in [-0.2, -0.15) is 0 Å². The molecule has 0 rings (SSSR count). The van der Waals surface area contributed by atoms with E-state index in [2.05, 4.69) is 0 Å². The summed E-state index contributed by atoms with van der Waals surface area (Å²) < 4.78 is 0. The Labute approximate surface area is 73.3 Å². The summed E-state index contributed by atoms with van der Waals surface area (Å²) >= 11 is 0. The van der Waals surface area contributed by atoms with E-state index in [-0.39, 0.29) is 6.42 Å². The summed E-state index contributed by atoms with van der Waals surface area (Å²) in [6, 6.07) is 0. The van der Waals surface area contributed by atoms with Crippen LogP contribution in [0.15, 0.2) is 0 Å². The summed E-state index contributed by atoms with van der Waals surface area (Å²) in [6.45, 7) is 6.32. The summed E-state index contributed by atoms with van der Waals surface area (Å²) in [4.78, 5) is 12.5. The summed E-state index contributed by atoms with van der Waals surface area (Å²) in [7, 11) is 0. The number of amides is 1. The maximum Gasteiger partial charge on any atom is 0.220 e. The van der Waals surface area contributed by atoms with Crippen molar-refractivity contribution < 1.29 is 9.90 Å². The number of hydrogen-bond donors (Lipinski definition) is 2. The molecule has 0 aliphatic heterocycles. The number of primary amides is 1. The van der Waals surface area contributed by atoms with Gasteiger partial charge in [0, 0.05) is 6.54 Å². The molecule has 0 aromatic heterocycles. The molecule has 0 aromatic rings. The average molecular weight is 174 g/mol. The molecule has 0 saturated heterocycles. The molecule has 1 unspecified atom stereocenters. The molecule has 0 heterocycles. The zero-order chi connectivity index (χ0) is 9.56. The minimum Gasteiger partial charge on any atom is -0.391 e. The lowest BCUT2D eigenvalue weighted by atomic mass is 10.2. The van der Waals surface area contributed by atoms with Crippen LogP contribution in [0.25, 0.3) is 0 Å². The molecule has 0 radical (unpaired) electrons. The lowest BCUT2D eigenvalue weighted by molar-refractivity contribution is -0.120. The van der Waals surface area contributed by atoms with Crippen LogP contribution >= 0.6 is 0 Å². The molecular weight excluding hydrogens is 156 g/mol. The molecule has 4 nitrogen and oxygen atoms in total. The highest BCUT2D eigenvalue weighted by Gasteiger charge is 2.10. The fourth-order valence-electron chi connectivity index (χ4n) is 1.08. The predicted octanol–water partition coefficient (Wildman–Crippen LogP) is -0.435. The van der Waals surface area contributed by atoms with Crippen molar-refractivity contribution in [3.63, 3.8) is 0 Å². The Bertz CT molecular complexity index is 135. The van der Waals surface area contributed by atoms with Crippen LogP contribution in [-0.4, -0.2) is 41.7 Å². The van der Waals surface area contributed by atoms with Gasteiger partial charge in [0.15, 0.2) is 0 Å². The van der Waals surface area contributed by atoms with E-state index in [9.17, 15) is 9.90 Å². The van der Waals surface area contributed by atoms with Crippen molar-refractivity contribution in [2.24, 2.45) is 5.73 Å². The van der Waals surface area contributed by atoms with Gasteiger partial charge in [0.05, 0.1) is 12.5 Å². The second kappa shape index (κ2) is 5.97. The first-order valence-electron chi connectivity index (χ1n) is 4.28. The number of carbonyl (C=O) groups is 1. The molecule has 4 heteroatoms. The van der Waals surface area contributed by atoms with Gasteiger partial charge < -0.3 is 15.7 Å². The summed E-state index contributed by atoms with van der Waals surface area (Å²) in [6.07, 6.45) is -0.571. The number of nitrogens with zero attached hydrogens (tertiary/aromatic N) is 1. The molecule has 0 aliphatic rings. The van der Waals surface area contributed by atoms with Gasteiger partial charge in [-0.1, -0.05) is 13.8 Å². The number of carbonyl (C=O) groups excluding carboxylic acids is 1. The maximum atomic E-state index is 10.4. The highest BCUT2D eigenvalue weighted by Crippen LogP contribution is 1.95. The number of hydrogen-bond acceptors (Lipinski definition) is 3. The van der Waals surface area contributed by atoms with Crippen LogP contribution in [0.4, 0.5) is 0 Å². The Kier molecular flexibility index (Phi) is 5.66. The average Bonchev–Trinajstić information content (AvgIpc) is 1.98. The fraction of sp³-hybridized carbons (Fsp3) is 0.875. The molecule has 0 aromatic carbocycles. The molecule has 12 heavy (non-hydrogen) atoms. The van der Waals surface area contributed by atoms with Gasteiger partial charge in [-0.15, -0.1) is 0 Å². The molecule has 0 fully saturated rings. The Balaban J connectivity index is 3.65. The van der Waals surface area contributed by atoms with Crippen LogP contribution in [0.1, 0.15) is 20.3 Å². The number of nitrogens with two attached hydrogens (primary N) is 1. The molecule has 1 atom stereocenters. The maximum absolute atomic E-state index is 10.4. The molecule has 0 spiro atoms. The second-order valence-corrected chi connectivity index (χ2v) is 2.81. The lowest BCUT2D eigenvalue weighted by Crippen LogP contribution is -2.34. The van der Waals surface area contributed by atoms with Crippen molar-refractivity contribution in [3.05, 3.63) is 0 Å². The smallest absolute Gasteiger partial charge is 0.220 e. The van der Waals surface area contributed by atoms with Gasteiger partial charge in [0.1, 0.15) is 0 Å². The standard InChI is InChI=1S/C8H18N2O2/c1-3-10(4-2)6-7(11)5-8(9)12/h7,11H,3-6H2,1-2H3,(H2,9,12). The topological polar surface area (TPSA) is 66.6 Å². The quantitative estimate of drug-likeness (QED) is 0.574. The van der Waals surface area contributed by atoms with Crippen molar-refractivity contribution in [3.8, 4) is 0 Å². The van der Waals surface area contributed by atoms with Gasteiger partial charge >= 0.3 is 0 Å². The van der Waals surface area contributed by atoms with E-state index in [4.69, 9.17) is 5.73 Å². The van der Waals surface area contributed by atoms with Crippen LogP contribution < -0.4 is 5.73 Å². The first-order chi connectivity index (χ1) is 5.60. The Hall–Kier alpha value is -0.610. The van der Waals surface area contributed by atoms with E-state index in [1.165, 1.54) is 0 Å². The van der Waals surface area contributed by atoms with Gasteiger partial charge in [0.25, 0.3) is 0 Å². The minimum absolute atomic E-state index is 0.0521. The number of likely N-dealkylation sites (N-methyl/N-ethyl adjacent to an activating group) is 1. The van der Waals surface area contributed by atoms with E-state index < -0.39 is 12.0 Å². The van der Waals surface area contributed by atoms with Crippen LogP contribution in [0, 0.1) is 0 Å². The third-order valence-electron chi connectivity index (χ3n) is 1.80. The number of aliphatic hydroxyl groups is 1. The third-order valence-corrected chi connectivity index (χ3v) is 1.80. The van der Waals surface area contributed by atoms with E-state index in [0.29, 0.717) is 6.54 Å². The minimum atomic E-state index is -0.623. The molecule has 1 amide bonds. The molecule has 0 aliphatic carbocycles. The number of aliphatic hydroxyl groups excluding tert-OH is 1. The van der Waals surface area contributed by atoms with Crippen LogP contribution in [0.3, 0.4) is 0 Å². The third kappa shape index (κ3) is 5.09. The molecule has 0 bridgehead atoms. The van der Waals surface area contributed by atoms with Crippen LogP contribution in [0.5, 0.6) is 0 Å². The van der Waals surface area contributed by atoms with Crippen molar-refractivity contribution in [1.29, 1.82) is 0 Å². The van der Waals surface area contributed by atoms with Crippen molar-refractivity contribution in [1.82, 2.24) is 4.90 Å².